The van der Waals surface area contributed by atoms with Gasteiger partial charge in [-0.25, -0.2) is 4.98 Å². The molecule has 2 aromatic heterocycles. The lowest BCUT2D eigenvalue weighted by molar-refractivity contribution is -0.386. The number of nitrogens with zero attached hydrogens (tertiary/aromatic N) is 5. The Labute approximate surface area is 260 Å². The highest BCUT2D eigenvalue weighted by Gasteiger charge is 2.21. The first-order valence-electron chi connectivity index (χ1n) is 12.8. The van der Waals surface area contributed by atoms with Gasteiger partial charge >= 0.3 is 5.69 Å². The van der Waals surface area contributed by atoms with Gasteiger partial charge in [0.1, 0.15) is 12.2 Å². The van der Waals surface area contributed by atoms with Crippen LogP contribution in [0.25, 0.3) is 33.5 Å². The highest BCUT2D eigenvalue weighted by Crippen LogP contribution is 2.37. The van der Waals surface area contributed by atoms with E-state index < -0.39 is 15.4 Å². The summed E-state index contributed by atoms with van der Waals surface area (Å²) in [5, 5.41) is 28.8. The monoisotopic (exact) mass is 673 g/mol. The number of ether oxygens (including phenoxy) is 1. The number of fused-ring (bicyclic) bond motifs is 2. The third-order valence-electron chi connectivity index (χ3n) is 6.55. The summed E-state index contributed by atoms with van der Waals surface area (Å²) in [6.07, 6.45) is 1.29. The predicted octanol–water partition coefficient (Wildman–Crippen LogP) is 7.50. The van der Waals surface area contributed by atoms with E-state index >= 15 is 0 Å². The van der Waals surface area contributed by atoms with E-state index in [1.54, 1.807) is 54.6 Å². The van der Waals surface area contributed by atoms with Crippen LogP contribution in [0.5, 0.6) is 5.75 Å². The summed E-state index contributed by atoms with van der Waals surface area (Å²) in [5.41, 5.74) is 0.910. The van der Waals surface area contributed by atoms with Crippen LogP contribution in [0, 0.1) is 20.2 Å². The first kappa shape index (κ1) is 28.7. The van der Waals surface area contributed by atoms with Gasteiger partial charge < -0.3 is 9.15 Å². The SMILES string of the molecule is O=c1c2ccccc2nc(-c2cc3cc(Cl)ccc3o2)n1N=Cc1cc(Br)c(OCc2ccc([N+](=O)[O-])cc2)c([N+](=O)[O-])c1. The lowest BCUT2D eigenvalue weighted by Gasteiger charge is -2.10. The molecular weight excluding hydrogens is 658 g/mol. The molecule has 0 N–H and O–H groups in total. The van der Waals surface area contributed by atoms with Crippen LogP contribution < -0.4 is 10.3 Å². The Morgan fingerprint density at radius 1 is 1.00 bits per heavy atom. The number of furan rings is 1. The van der Waals surface area contributed by atoms with Gasteiger partial charge in [0.25, 0.3) is 11.2 Å². The molecule has 0 spiro atoms. The van der Waals surface area contributed by atoms with E-state index in [1.807, 2.05) is 0 Å². The third kappa shape index (κ3) is 5.65. The van der Waals surface area contributed by atoms with Gasteiger partial charge in [-0.05, 0) is 76.1 Å². The van der Waals surface area contributed by atoms with E-state index in [9.17, 15) is 25.0 Å². The second-order valence-corrected chi connectivity index (χ2v) is 10.7. The van der Waals surface area contributed by atoms with Crippen molar-refractivity contribution >= 4 is 67.0 Å². The summed E-state index contributed by atoms with van der Waals surface area (Å²) >= 11 is 9.47. The molecule has 0 aliphatic heterocycles. The lowest BCUT2D eigenvalue weighted by Crippen LogP contribution is -2.20. The Balaban J connectivity index is 1.38. The first-order chi connectivity index (χ1) is 21.2. The van der Waals surface area contributed by atoms with Crippen molar-refractivity contribution in [2.24, 2.45) is 5.10 Å². The number of nitro benzene ring substituents is 2. The first-order valence-corrected chi connectivity index (χ1v) is 13.9. The van der Waals surface area contributed by atoms with Crippen molar-refractivity contribution in [1.29, 1.82) is 0 Å². The molecule has 0 bridgehead atoms. The van der Waals surface area contributed by atoms with Crippen molar-refractivity contribution in [1.82, 2.24) is 9.66 Å². The van der Waals surface area contributed by atoms with Gasteiger partial charge in [-0.1, -0.05) is 23.7 Å². The van der Waals surface area contributed by atoms with Gasteiger partial charge in [-0.15, -0.1) is 0 Å². The smallest absolute Gasteiger partial charge is 0.312 e. The molecule has 0 radical (unpaired) electrons. The van der Waals surface area contributed by atoms with Gasteiger partial charge in [0.15, 0.2) is 5.76 Å². The van der Waals surface area contributed by atoms with Gasteiger partial charge in [-0.3, -0.25) is 25.0 Å². The summed E-state index contributed by atoms with van der Waals surface area (Å²) < 4.78 is 13.0. The largest absolute Gasteiger partial charge is 0.481 e. The zero-order valence-electron chi connectivity index (χ0n) is 22.2. The molecule has 12 nitrogen and oxygen atoms in total. The molecule has 0 atom stereocenters. The number of para-hydroxylation sites is 1. The zero-order chi connectivity index (χ0) is 31.0. The average molecular weight is 675 g/mol. The van der Waals surface area contributed by atoms with Crippen molar-refractivity contribution in [3.05, 3.63) is 136 Å². The molecule has 0 unspecified atom stereocenters. The molecule has 0 aliphatic rings. The number of rotatable bonds is 8. The van der Waals surface area contributed by atoms with Crippen molar-refractivity contribution < 1.29 is 19.0 Å². The van der Waals surface area contributed by atoms with E-state index in [4.69, 9.17) is 20.8 Å². The minimum atomic E-state index is -0.609. The number of non-ortho nitro benzene ring substituents is 1. The van der Waals surface area contributed by atoms with Crippen LogP contribution in [0.4, 0.5) is 11.4 Å². The third-order valence-corrected chi connectivity index (χ3v) is 7.37. The van der Waals surface area contributed by atoms with Gasteiger partial charge in [0.05, 0.1) is 31.4 Å². The maximum Gasteiger partial charge on any atom is 0.312 e. The van der Waals surface area contributed by atoms with Crippen LogP contribution >= 0.6 is 27.5 Å². The maximum absolute atomic E-state index is 13.6. The fourth-order valence-electron chi connectivity index (χ4n) is 4.46. The fourth-order valence-corrected chi connectivity index (χ4v) is 5.22. The number of nitro groups is 2. The second kappa shape index (κ2) is 11.7. The molecule has 4 aromatic carbocycles. The average Bonchev–Trinajstić information content (AvgIpc) is 3.43. The molecule has 44 heavy (non-hydrogen) atoms. The van der Waals surface area contributed by atoms with Crippen LogP contribution in [0.15, 0.2) is 104 Å². The van der Waals surface area contributed by atoms with Gasteiger partial charge in [0, 0.05) is 34.2 Å². The van der Waals surface area contributed by atoms with E-state index in [2.05, 4.69) is 26.0 Å². The van der Waals surface area contributed by atoms with E-state index in [-0.39, 0.29) is 45.4 Å². The van der Waals surface area contributed by atoms with Crippen LogP contribution in [-0.4, -0.2) is 25.7 Å². The van der Waals surface area contributed by atoms with Gasteiger partial charge in [-0.2, -0.15) is 9.78 Å². The summed E-state index contributed by atoms with van der Waals surface area (Å²) in [6, 6.07) is 22.0. The van der Waals surface area contributed by atoms with Crippen molar-refractivity contribution in [3.8, 4) is 17.3 Å². The number of benzene rings is 4. The van der Waals surface area contributed by atoms with Crippen LogP contribution in [-0.2, 0) is 6.61 Å². The normalized spacial score (nSPS) is 11.4. The molecule has 0 amide bonds. The predicted molar refractivity (Wildman–Crippen MR) is 167 cm³/mol. The Bertz CT molecular complexity index is 2200. The summed E-state index contributed by atoms with van der Waals surface area (Å²) in [6.45, 7) is -0.0743. The molecule has 0 fully saturated rings. The quantitative estimate of drug-likeness (QED) is 0.0913. The number of hydrogen-bond donors (Lipinski definition) is 0. The highest BCUT2D eigenvalue weighted by molar-refractivity contribution is 9.10. The highest BCUT2D eigenvalue weighted by atomic mass is 79.9. The zero-order valence-corrected chi connectivity index (χ0v) is 24.6. The molecule has 14 heteroatoms. The molecule has 0 aliphatic carbocycles. The number of halogens is 2. The van der Waals surface area contributed by atoms with Gasteiger partial charge in [0.2, 0.25) is 11.6 Å². The van der Waals surface area contributed by atoms with Crippen molar-refractivity contribution in [2.75, 3.05) is 0 Å². The summed E-state index contributed by atoms with van der Waals surface area (Å²) in [5.74, 6) is 0.343. The Hall–Kier alpha value is -5.40. The van der Waals surface area contributed by atoms with Crippen LogP contribution in [0.1, 0.15) is 11.1 Å². The molecular formula is C30H17BrClN5O7. The van der Waals surface area contributed by atoms with Crippen LogP contribution in [0.3, 0.4) is 0 Å². The minimum absolute atomic E-state index is 0.0448. The molecule has 2 heterocycles. The Kier molecular flexibility index (Phi) is 7.64. The Morgan fingerprint density at radius 3 is 2.52 bits per heavy atom. The number of aromatic nitrogens is 2. The fraction of sp³-hybridized carbons (Fsp3) is 0.0333. The van der Waals surface area contributed by atoms with E-state index in [1.165, 1.54) is 36.5 Å². The Morgan fingerprint density at radius 2 is 1.77 bits per heavy atom. The summed E-state index contributed by atoms with van der Waals surface area (Å²) in [7, 11) is 0. The topological polar surface area (TPSA) is 156 Å². The summed E-state index contributed by atoms with van der Waals surface area (Å²) in [4.78, 5) is 39.9. The molecule has 0 saturated carbocycles. The lowest BCUT2D eigenvalue weighted by atomic mass is 10.2. The molecule has 6 aromatic rings. The standard InChI is InChI=1S/C30H17BrClN5O7/c31-23-11-18(12-25(37(41)42)28(23)43-16-17-5-8-21(9-6-17)36(39)40)15-33-35-29(34-24-4-2-1-3-22(24)30(35)38)27-14-19-13-20(32)7-10-26(19)44-27/h1-15H,16H2. The van der Waals surface area contributed by atoms with Crippen molar-refractivity contribution in [3.63, 3.8) is 0 Å². The van der Waals surface area contributed by atoms with E-state index in [0.29, 0.717) is 32.5 Å². The molecule has 6 rings (SSSR count). The van der Waals surface area contributed by atoms with E-state index in [0.717, 1.165) is 4.68 Å². The second-order valence-electron chi connectivity index (χ2n) is 9.43. The minimum Gasteiger partial charge on any atom is -0.481 e. The molecule has 0 saturated heterocycles. The number of hydrogen-bond acceptors (Lipinski definition) is 9. The molecule has 218 valence electrons. The van der Waals surface area contributed by atoms with Crippen LogP contribution in [0.2, 0.25) is 5.02 Å². The van der Waals surface area contributed by atoms with Crippen molar-refractivity contribution in [2.45, 2.75) is 6.61 Å². The maximum atomic E-state index is 13.6.